The molecule has 2 aliphatic heterocycles. The van der Waals surface area contributed by atoms with Crippen molar-refractivity contribution in [2.75, 3.05) is 32.7 Å². The Morgan fingerprint density at radius 2 is 1.78 bits per heavy atom. The first-order chi connectivity index (χ1) is 10.7. The molecule has 0 bridgehead atoms. The van der Waals surface area contributed by atoms with Gasteiger partial charge in [-0.15, -0.1) is 12.4 Å². The summed E-state index contributed by atoms with van der Waals surface area (Å²) in [4.78, 5) is 26.2. The summed E-state index contributed by atoms with van der Waals surface area (Å²) in [5.74, 6) is 1.26. The molecule has 6 heteroatoms. The van der Waals surface area contributed by atoms with E-state index >= 15 is 0 Å². The van der Waals surface area contributed by atoms with Crippen LogP contribution < -0.4 is 10.6 Å². The van der Waals surface area contributed by atoms with Crippen molar-refractivity contribution < 1.29 is 9.59 Å². The van der Waals surface area contributed by atoms with Gasteiger partial charge >= 0.3 is 0 Å². The number of piperidine rings is 2. The van der Waals surface area contributed by atoms with E-state index in [0.29, 0.717) is 12.3 Å². The van der Waals surface area contributed by atoms with Crippen molar-refractivity contribution in [1.29, 1.82) is 0 Å². The van der Waals surface area contributed by atoms with E-state index in [2.05, 4.69) is 17.6 Å². The molecule has 2 rings (SSSR count). The first kappa shape index (κ1) is 20.2. The van der Waals surface area contributed by atoms with E-state index in [9.17, 15) is 9.59 Å². The van der Waals surface area contributed by atoms with E-state index in [4.69, 9.17) is 0 Å². The summed E-state index contributed by atoms with van der Waals surface area (Å²) >= 11 is 0. The molecule has 0 saturated carbocycles. The van der Waals surface area contributed by atoms with Crippen LogP contribution >= 0.6 is 12.4 Å². The van der Waals surface area contributed by atoms with Gasteiger partial charge in [0, 0.05) is 32.0 Å². The van der Waals surface area contributed by atoms with Gasteiger partial charge in [-0.1, -0.05) is 6.92 Å². The fourth-order valence-corrected chi connectivity index (χ4v) is 3.44. The van der Waals surface area contributed by atoms with Crippen molar-refractivity contribution in [2.45, 2.75) is 51.9 Å². The number of nitrogens with one attached hydrogen (secondary N) is 2. The highest BCUT2D eigenvalue weighted by Gasteiger charge is 2.27. The monoisotopic (exact) mass is 345 g/mol. The highest BCUT2D eigenvalue weighted by Crippen LogP contribution is 2.21. The molecule has 5 nitrogen and oxygen atoms in total. The summed E-state index contributed by atoms with van der Waals surface area (Å²) in [6.07, 6.45) is 6.71. The van der Waals surface area contributed by atoms with E-state index in [1.165, 1.54) is 12.8 Å². The molecule has 2 aliphatic rings. The lowest BCUT2D eigenvalue weighted by atomic mass is 9.92. The molecule has 0 radical (unpaired) electrons. The van der Waals surface area contributed by atoms with Gasteiger partial charge in [0.2, 0.25) is 11.8 Å². The lowest BCUT2D eigenvalue weighted by Gasteiger charge is -2.32. The number of likely N-dealkylation sites (tertiary alicyclic amines) is 1. The molecule has 0 spiro atoms. The van der Waals surface area contributed by atoms with Gasteiger partial charge in [-0.25, -0.2) is 0 Å². The van der Waals surface area contributed by atoms with Gasteiger partial charge in [0.05, 0.1) is 0 Å². The Labute approximate surface area is 146 Å². The molecule has 0 aromatic rings. The van der Waals surface area contributed by atoms with Gasteiger partial charge in [-0.2, -0.15) is 0 Å². The molecule has 0 aromatic carbocycles. The molecule has 23 heavy (non-hydrogen) atoms. The van der Waals surface area contributed by atoms with E-state index < -0.39 is 0 Å². The van der Waals surface area contributed by atoms with Crippen molar-refractivity contribution >= 4 is 24.2 Å². The standard InChI is InChI=1S/C17H31N3O2.ClH/c1-2-9-19-17(22)15-7-12-20(13-8-15)16(21)4-3-14-5-10-18-11-6-14;/h14-15,18H,2-13H2,1H3,(H,19,22);1H. The largest absolute Gasteiger partial charge is 0.356 e. The Morgan fingerprint density at radius 1 is 1.13 bits per heavy atom. The highest BCUT2D eigenvalue weighted by atomic mass is 35.5. The third-order valence-electron chi connectivity index (χ3n) is 4.99. The van der Waals surface area contributed by atoms with Crippen LogP contribution in [0, 0.1) is 11.8 Å². The predicted molar refractivity (Wildman–Crippen MR) is 94.7 cm³/mol. The molecular weight excluding hydrogens is 314 g/mol. The van der Waals surface area contributed by atoms with Gasteiger partial charge in [-0.05, 0) is 57.5 Å². The second-order valence-corrected chi connectivity index (χ2v) is 6.68. The topological polar surface area (TPSA) is 61.4 Å². The Morgan fingerprint density at radius 3 is 2.39 bits per heavy atom. The molecule has 0 unspecified atom stereocenters. The molecule has 0 aliphatic carbocycles. The zero-order valence-electron chi connectivity index (χ0n) is 14.3. The second kappa shape index (κ2) is 10.9. The fourth-order valence-electron chi connectivity index (χ4n) is 3.44. The Hall–Kier alpha value is -0.810. The summed E-state index contributed by atoms with van der Waals surface area (Å²) in [6, 6.07) is 0. The minimum Gasteiger partial charge on any atom is -0.356 e. The van der Waals surface area contributed by atoms with Crippen LogP contribution in [0.2, 0.25) is 0 Å². The molecule has 0 aromatic heterocycles. The van der Waals surface area contributed by atoms with Crippen molar-refractivity contribution in [3.63, 3.8) is 0 Å². The number of carbonyl (C=O) groups excluding carboxylic acids is 2. The Kier molecular flexibility index (Phi) is 9.56. The summed E-state index contributed by atoms with van der Waals surface area (Å²) in [5.41, 5.74) is 0. The zero-order valence-corrected chi connectivity index (χ0v) is 15.1. The van der Waals surface area contributed by atoms with Crippen molar-refractivity contribution in [2.24, 2.45) is 11.8 Å². The smallest absolute Gasteiger partial charge is 0.223 e. The van der Waals surface area contributed by atoms with Crippen LogP contribution in [0.3, 0.4) is 0 Å². The Balaban J connectivity index is 0.00000264. The van der Waals surface area contributed by atoms with E-state index in [0.717, 1.165) is 58.4 Å². The first-order valence-corrected chi connectivity index (χ1v) is 8.97. The number of carbonyl (C=O) groups is 2. The SMILES string of the molecule is CCCNC(=O)C1CCN(C(=O)CCC2CCNCC2)CC1.Cl. The lowest BCUT2D eigenvalue weighted by Crippen LogP contribution is -2.43. The number of rotatable bonds is 6. The van der Waals surface area contributed by atoms with Gasteiger partial charge < -0.3 is 15.5 Å². The van der Waals surface area contributed by atoms with E-state index in [1.807, 2.05) is 4.90 Å². The maximum atomic E-state index is 12.3. The molecular formula is C17H32ClN3O2. The minimum absolute atomic E-state index is 0. The number of amides is 2. The van der Waals surface area contributed by atoms with Gasteiger partial charge in [-0.3, -0.25) is 9.59 Å². The predicted octanol–water partition coefficient (Wildman–Crippen LogP) is 1.95. The van der Waals surface area contributed by atoms with Gasteiger partial charge in [0.15, 0.2) is 0 Å². The third kappa shape index (κ3) is 6.68. The second-order valence-electron chi connectivity index (χ2n) is 6.68. The molecule has 134 valence electrons. The summed E-state index contributed by atoms with van der Waals surface area (Å²) in [6.45, 7) is 6.50. The van der Waals surface area contributed by atoms with Crippen LogP contribution in [0.25, 0.3) is 0 Å². The van der Waals surface area contributed by atoms with Crippen LogP contribution in [-0.4, -0.2) is 49.4 Å². The average Bonchev–Trinajstić information content (AvgIpc) is 2.58. The summed E-state index contributed by atoms with van der Waals surface area (Å²) in [5, 5.41) is 6.33. The summed E-state index contributed by atoms with van der Waals surface area (Å²) < 4.78 is 0. The molecule has 2 heterocycles. The fraction of sp³-hybridized carbons (Fsp3) is 0.882. The van der Waals surface area contributed by atoms with Crippen molar-refractivity contribution in [1.82, 2.24) is 15.5 Å². The maximum absolute atomic E-state index is 12.3. The Bertz CT molecular complexity index is 365. The van der Waals surface area contributed by atoms with Crippen LogP contribution in [0.15, 0.2) is 0 Å². The lowest BCUT2D eigenvalue weighted by molar-refractivity contribution is -0.135. The minimum atomic E-state index is 0. The number of hydrogen-bond donors (Lipinski definition) is 2. The van der Waals surface area contributed by atoms with Gasteiger partial charge in [0.25, 0.3) is 0 Å². The van der Waals surface area contributed by atoms with Crippen molar-refractivity contribution in [3.05, 3.63) is 0 Å². The van der Waals surface area contributed by atoms with Crippen LogP contribution in [0.4, 0.5) is 0 Å². The molecule has 2 amide bonds. The van der Waals surface area contributed by atoms with Crippen molar-refractivity contribution in [3.8, 4) is 0 Å². The molecule has 2 N–H and O–H groups in total. The third-order valence-corrected chi connectivity index (χ3v) is 4.99. The molecule has 2 saturated heterocycles. The van der Waals surface area contributed by atoms with E-state index in [1.54, 1.807) is 0 Å². The van der Waals surface area contributed by atoms with E-state index in [-0.39, 0.29) is 30.1 Å². The first-order valence-electron chi connectivity index (χ1n) is 8.97. The zero-order chi connectivity index (χ0) is 15.8. The normalized spacial score (nSPS) is 20.0. The van der Waals surface area contributed by atoms with Crippen LogP contribution in [0.5, 0.6) is 0 Å². The quantitative estimate of drug-likeness (QED) is 0.773. The molecule has 2 fully saturated rings. The summed E-state index contributed by atoms with van der Waals surface area (Å²) in [7, 11) is 0. The van der Waals surface area contributed by atoms with Gasteiger partial charge in [0.1, 0.15) is 0 Å². The average molecular weight is 346 g/mol. The van der Waals surface area contributed by atoms with Crippen LogP contribution in [-0.2, 0) is 9.59 Å². The number of halogens is 1. The number of nitrogens with zero attached hydrogens (tertiary/aromatic N) is 1. The highest BCUT2D eigenvalue weighted by molar-refractivity contribution is 5.85. The van der Waals surface area contributed by atoms with Crippen LogP contribution in [0.1, 0.15) is 51.9 Å². The number of hydrogen-bond acceptors (Lipinski definition) is 3. The maximum Gasteiger partial charge on any atom is 0.223 e. The molecule has 0 atom stereocenters.